The van der Waals surface area contributed by atoms with Gasteiger partial charge in [-0.25, -0.2) is 9.18 Å². The summed E-state index contributed by atoms with van der Waals surface area (Å²) in [6, 6.07) is 4.30. The van der Waals surface area contributed by atoms with Gasteiger partial charge >= 0.3 is 6.03 Å². The molecule has 7 heteroatoms. The molecule has 130 valence electrons. The van der Waals surface area contributed by atoms with E-state index in [9.17, 15) is 14.0 Å². The molecule has 5 nitrogen and oxygen atoms in total. The zero-order valence-corrected chi connectivity index (χ0v) is 14.2. The lowest BCUT2D eigenvalue weighted by atomic mass is 9.98. The van der Waals surface area contributed by atoms with Crippen molar-refractivity contribution in [2.24, 2.45) is 0 Å². The van der Waals surface area contributed by atoms with Gasteiger partial charge in [-0.15, -0.1) is 0 Å². The molecule has 0 bridgehead atoms. The number of urea groups is 1. The number of carbonyl (C=O) groups excluding carboxylic acids is 2. The quantitative estimate of drug-likeness (QED) is 0.610. The number of hydrogen-bond acceptors (Lipinski definition) is 3. The number of imide groups is 1. The Labute approximate surface area is 145 Å². The maximum Gasteiger partial charge on any atom is 0.325 e. The first-order valence-electron chi connectivity index (χ1n) is 8.31. The predicted molar refractivity (Wildman–Crippen MR) is 89.2 cm³/mol. The second kappa shape index (κ2) is 7.07. The fourth-order valence-electron chi connectivity index (χ4n) is 3.47. The van der Waals surface area contributed by atoms with Crippen LogP contribution in [0.2, 0.25) is 5.02 Å². The number of carbonyl (C=O) groups is 2. The van der Waals surface area contributed by atoms with Gasteiger partial charge in [0.25, 0.3) is 5.91 Å². The average molecular weight is 354 g/mol. The molecule has 1 saturated heterocycles. The van der Waals surface area contributed by atoms with Crippen LogP contribution in [0.5, 0.6) is 0 Å². The second-order valence-corrected chi connectivity index (χ2v) is 6.81. The lowest BCUT2D eigenvalue weighted by molar-refractivity contribution is -0.131. The fraction of sp³-hybridized carbons (Fsp3) is 0.529. The first-order valence-corrected chi connectivity index (χ1v) is 8.69. The molecule has 1 heterocycles. The molecule has 2 N–H and O–H groups in total. The summed E-state index contributed by atoms with van der Waals surface area (Å²) in [5.41, 5.74) is -0.218. The lowest BCUT2D eigenvalue weighted by Crippen LogP contribution is -2.44. The zero-order chi connectivity index (χ0) is 17.2. The maximum atomic E-state index is 13.6. The molecule has 24 heavy (non-hydrogen) atoms. The van der Waals surface area contributed by atoms with Gasteiger partial charge in [0.2, 0.25) is 0 Å². The SMILES string of the molecule is O=C1NC2(CCCC2)C(=O)N1CCCNCc1c(F)cccc1Cl. The van der Waals surface area contributed by atoms with Gasteiger partial charge < -0.3 is 10.6 Å². The third-order valence-corrected chi connectivity index (χ3v) is 5.16. The highest BCUT2D eigenvalue weighted by molar-refractivity contribution is 6.31. The number of hydrogen-bond donors (Lipinski definition) is 2. The maximum absolute atomic E-state index is 13.6. The Bertz CT molecular complexity index is 626. The van der Waals surface area contributed by atoms with Crippen LogP contribution >= 0.6 is 11.6 Å². The van der Waals surface area contributed by atoms with Crippen molar-refractivity contribution in [2.75, 3.05) is 13.1 Å². The van der Waals surface area contributed by atoms with E-state index in [0.29, 0.717) is 36.6 Å². The normalized spacial score (nSPS) is 19.3. The minimum absolute atomic E-state index is 0.0952. The van der Waals surface area contributed by atoms with E-state index < -0.39 is 5.54 Å². The third kappa shape index (κ3) is 3.26. The van der Waals surface area contributed by atoms with Gasteiger partial charge in [0, 0.05) is 23.7 Å². The van der Waals surface area contributed by atoms with Crippen molar-refractivity contribution in [3.63, 3.8) is 0 Å². The number of halogens is 2. The first kappa shape index (κ1) is 17.2. The van der Waals surface area contributed by atoms with Crippen LogP contribution in [0.3, 0.4) is 0 Å². The van der Waals surface area contributed by atoms with Crippen molar-refractivity contribution in [3.05, 3.63) is 34.6 Å². The molecule has 0 atom stereocenters. The Balaban J connectivity index is 1.45. The van der Waals surface area contributed by atoms with Crippen LogP contribution in [0.25, 0.3) is 0 Å². The van der Waals surface area contributed by atoms with Gasteiger partial charge in [-0.1, -0.05) is 30.5 Å². The number of nitrogens with one attached hydrogen (secondary N) is 2. The zero-order valence-electron chi connectivity index (χ0n) is 13.4. The lowest BCUT2D eigenvalue weighted by Gasteiger charge is -2.20. The molecule has 3 amide bonds. The number of benzene rings is 1. The Morgan fingerprint density at radius 3 is 2.75 bits per heavy atom. The average Bonchev–Trinajstić information content (AvgIpc) is 3.10. The molecule has 1 aliphatic heterocycles. The Morgan fingerprint density at radius 2 is 2.04 bits per heavy atom. The summed E-state index contributed by atoms with van der Waals surface area (Å²) in [5, 5.41) is 6.35. The van der Waals surface area contributed by atoms with Crippen molar-refractivity contribution in [1.29, 1.82) is 0 Å². The minimum atomic E-state index is -0.648. The summed E-state index contributed by atoms with van der Waals surface area (Å²) in [7, 11) is 0. The number of nitrogens with zero attached hydrogens (tertiary/aromatic N) is 1. The molecular weight excluding hydrogens is 333 g/mol. The monoisotopic (exact) mass is 353 g/mol. The topological polar surface area (TPSA) is 61.4 Å². The van der Waals surface area contributed by atoms with Crippen LogP contribution < -0.4 is 10.6 Å². The summed E-state index contributed by atoms with van der Waals surface area (Å²) in [4.78, 5) is 25.8. The van der Waals surface area contributed by atoms with Crippen LogP contribution in [0.4, 0.5) is 9.18 Å². The molecule has 2 aliphatic rings. The van der Waals surface area contributed by atoms with E-state index in [1.54, 1.807) is 12.1 Å². The highest BCUT2D eigenvalue weighted by atomic mass is 35.5. The van der Waals surface area contributed by atoms with Crippen molar-refractivity contribution < 1.29 is 14.0 Å². The van der Waals surface area contributed by atoms with E-state index in [4.69, 9.17) is 11.6 Å². The van der Waals surface area contributed by atoms with Crippen LogP contribution in [-0.4, -0.2) is 35.5 Å². The van der Waals surface area contributed by atoms with Gasteiger partial charge in [0.15, 0.2) is 0 Å². The van der Waals surface area contributed by atoms with E-state index in [1.807, 2.05) is 0 Å². The second-order valence-electron chi connectivity index (χ2n) is 6.41. The van der Waals surface area contributed by atoms with Crippen LogP contribution in [0, 0.1) is 5.82 Å². The largest absolute Gasteiger partial charge is 0.325 e. The summed E-state index contributed by atoms with van der Waals surface area (Å²) in [6.07, 6.45) is 4.03. The molecule has 0 unspecified atom stereocenters. The highest BCUT2D eigenvalue weighted by Gasteiger charge is 2.51. The Hall–Kier alpha value is -1.66. The molecule has 1 aromatic carbocycles. The molecule has 1 aromatic rings. The van der Waals surface area contributed by atoms with Crippen molar-refractivity contribution >= 4 is 23.5 Å². The Kier molecular flexibility index (Phi) is 5.06. The molecule has 3 rings (SSSR count). The Morgan fingerprint density at radius 1 is 1.29 bits per heavy atom. The smallest absolute Gasteiger partial charge is 0.323 e. The highest BCUT2D eigenvalue weighted by Crippen LogP contribution is 2.34. The van der Waals surface area contributed by atoms with Gasteiger partial charge in [-0.05, 0) is 37.9 Å². The molecule has 0 aromatic heterocycles. The first-order chi connectivity index (χ1) is 11.5. The van der Waals surface area contributed by atoms with Crippen molar-refractivity contribution in [1.82, 2.24) is 15.5 Å². The molecule has 1 spiro atoms. The van der Waals surface area contributed by atoms with E-state index in [2.05, 4.69) is 10.6 Å². The molecular formula is C17H21ClFN3O2. The summed E-state index contributed by atoms with van der Waals surface area (Å²) >= 11 is 5.97. The van der Waals surface area contributed by atoms with E-state index in [0.717, 1.165) is 25.7 Å². The summed E-state index contributed by atoms with van der Waals surface area (Å²) in [6.45, 7) is 1.24. The fourth-order valence-corrected chi connectivity index (χ4v) is 3.70. The molecule has 2 fully saturated rings. The molecule has 0 radical (unpaired) electrons. The van der Waals surface area contributed by atoms with E-state index in [1.165, 1.54) is 11.0 Å². The van der Waals surface area contributed by atoms with Crippen LogP contribution in [0.15, 0.2) is 18.2 Å². The van der Waals surface area contributed by atoms with Crippen molar-refractivity contribution in [2.45, 2.75) is 44.2 Å². The van der Waals surface area contributed by atoms with E-state index in [-0.39, 0.29) is 17.8 Å². The molecule has 1 aliphatic carbocycles. The van der Waals surface area contributed by atoms with Gasteiger partial charge in [0.1, 0.15) is 11.4 Å². The van der Waals surface area contributed by atoms with Crippen LogP contribution in [-0.2, 0) is 11.3 Å². The van der Waals surface area contributed by atoms with Gasteiger partial charge in [-0.3, -0.25) is 9.69 Å². The number of rotatable bonds is 6. The standard InChI is InChI=1S/C17H21ClFN3O2/c18-13-5-3-6-14(19)12(13)11-20-9-4-10-22-15(23)17(21-16(22)24)7-1-2-8-17/h3,5-6,20H,1-2,4,7-11H2,(H,21,24). The minimum Gasteiger partial charge on any atom is -0.323 e. The number of amides is 3. The van der Waals surface area contributed by atoms with Gasteiger partial charge in [0.05, 0.1) is 0 Å². The summed E-state index contributed by atoms with van der Waals surface area (Å²) in [5.74, 6) is -0.436. The van der Waals surface area contributed by atoms with Crippen LogP contribution in [0.1, 0.15) is 37.7 Å². The van der Waals surface area contributed by atoms with Crippen molar-refractivity contribution in [3.8, 4) is 0 Å². The third-order valence-electron chi connectivity index (χ3n) is 4.80. The summed E-state index contributed by atoms with van der Waals surface area (Å²) < 4.78 is 13.6. The van der Waals surface area contributed by atoms with E-state index >= 15 is 0 Å². The molecule has 1 saturated carbocycles. The predicted octanol–water partition coefficient (Wildman–Crippen LogP) is 2.82. The van der Waals surface area contributed by atoms with Gasteiger partial charge in [-0.2, -0.15) is 0 Å².